The van der Waals surface area contributed by atoms with Gasteiger partial charge >= 0.3 is 6.09 Å². The standard InChI is InChI=1S/C20H26F2N4O3/c1-12(23-2)3-4-13(11-27)19-17(21)5-15(6-18(19)22)26-9-14(10-26)25-20(28)29-16-7-24-8-16/h5-6,11,13-14,16,23-24H,1,3-4,7-10H2,2H3,(H,25,28). The van der Waals surface area contributed by atoms with E-state index in [0.29, 0.717) is 50.3 Å². The molecule has 0 aromatic heterocycles. The van der Waals surface area contributed by atoms with Crippen LogP contribution in [0.1, 0.15) is 24.3 Å². The molecule has 0 bridgehead atoms. The van der Waals surface area contributed by atoms with Gasteiger partial charge in [0.15, 0.2) is 0 Å². The summed E-state index contributed by atoms with van der Waals surface area (Å²) in [6, 6.07) is 2.32. The zero-order chi connectivity index (χ0) is 21.0. The number of aldehydes is 1. The van der Waals surface area contributed by atoms with Gasteiger partial charge in [-0.15, -0.1) is 0 Å². The van der Waals surface area contributed by atoms with Gasteiger partial charge < -0.3 is 30.4 Å². The molecule has 0 saturated carbocycles. The molecule has 1 atom stereocenters. The molecule has 2 aliphatic heterocycles. The van der Waals surface area contributed by atoms with Crippen LogP contribution in [0.15, 0.2) is 24.4 Å². The fraction of sp³-hybridized carbons (Fsp3) is 0.500. The Kier molecular flexibility index (Phi) is 6.68. The fourth-order valence-electron chi connectivity index (χ4n) is 3.32. The molecule has 0 aliphatic carbocycles. The highest BCUT2D eigenvalue weighted by Crippen LogP contribution is 2.31. The minimum atomic E-state index is -0.879. The van der Waals surface area contributed by atoms with Crippen LogP contribution < -0.4 is 20.9 Å². The quantitative estimate of drug-likeness (QED) is 0.539. The first-order chi connectivity index (χ1) is 13.9. The summed E-state index contributed by atoms with van der Waals surface area (Å²) >= 11 is 0. The van der Waals surface area contributed by atoms with E-state index in [1.807, 2.05) is 0 Å². The van der Waals surface area contributed by atoms with Gasteiger partial charge in [0.05, 0.1) is 6.04 Å². The largest absolute Gasteiger partial charge is 0.444 e. The average Bonchev–Trinajstić information content (AvgIpc) is 2.62. The molecule has 1 aromatic carbocycles. The number of nitrogens with zero attached hydrogens (tertiary/aromatic N) is 1. The Morgan fingerprint density at radius 2 is 2.03 bits per heavy atom. The fourth-order valence-corrected chi connectivity index (χ4v) is 3.32. The zero-order valence-electron chi connectivity index (χ0n) is 16.3. The minimum Gasteiger partial charge on any atom is -0.444 e. The number of halogens is 2. The normalized spacial score (nSPS) is 17.7. The van der Waals surface area contributed by atoms with Crippen molar-refractivity contribution < 1.29 is 23.1 Å². The van der Waals surface area contributed by atoms with Gasteiger partial charge in [-0.25, -0.2) is 13.6 Å². The first-order valence-corrected chi connectivity index (χ1v) is 9.63. The van der Waals surface area contributed by atoms with Gasteiger partial charge in [0.25, 0.3) is 0 Å². The van der Waals surface area contributed by atoms with Crippen LogP contribution in [0.5, 0.6) is 0 Å². The average molecular weight is 408 g/mol. The number of benzene rings is 1. The Hall–Kier alpha value is -2.68. The van der Waals surface area contributed by atoms with Gasteiger partial charge in [-0.2, -0.15) is 0 Å². The zero-order valence-corrected chi connectivity index (χ0v) is 16.3. The van der Waals surface area contributed by atoms with Crippen LogP contribution >= 0.6 is 0 Å². The molecule has 1 amide bonds. The molecule has 29 heavy (non-hydrogen) atoms. The Morgan fingerprint density at radius 3 is 2.55 bits per heavy atom. The summed E-state index contributed by atoms with van der Waals surface area (Å²) < 4.78 is 34.4. The second kappa shape index (κ2) is 9.21. The molecule has 158 valence electrons. The topological polar surface area (TPSA) is 82.7 Å². The van der Waals surface area contributed by atoms with E-state index in [4.69, 9.17) is 4.74 Å². The van der Waals surface area contributed by atoms with E-state index in [2.05, 4.69) is 22.5 Å². The highest BCUT2D eigenvalue weighted by atomic mass is 19.1. The first-order valence-electron chi connectivity index (χ1n) is 9.63. The molecule has 2 saturated heterocycles. The minimum absolute atomic E-state index is 0.0991. The third-order valence-corrected chi connectivity index (χ3v) is 5.30. The van der Waals surface area contributed by atoms with Crippen molar-refractivity contribution >= 4 is 18.1 Å². The predicted molar refractivity (Wildman–Crippen MR) is 105 cm³/mol. The van der Waals surface area contributed by atoms with Crippen molar-refractivity contribution in [3.63, 3.8) is 0 Å². The van der Waals surface area contributed by atoms with E-state index in [1.54, 1.807) is 11.9 Å². The highest BCUT2D eigenvalue weighted by Gasteiger charge is 2.32. The Labute approximate surface area is 168 Å². The molecule has 3 N–H and O–H groups in total. The van der Waals surface area contributed by atoms with E-state index in [0.717, 1.165) is 0 Å². The molecule has 9 heteroatoms. The summed E-state index contributed by atoms with van der Waals surface area (Å²) in [6.45, 7) is 5.92. The lowest BCUT2D eigenvalue weighted by atomic mass is 9.93. The summed E-state index contributed by atoms with van der Waals surface area (Å²) in [5, 5.41) is 8.60. The number of allylic oxidation sites excluding steroid dienone is 1. The van der Waals surface area contributed by atoms with Crippen LogP contribution in [-0.4, -0.2) is 57.8 Å². The number of carbonyl (C=O) groups is 2. The van der Waals surface area contributed by atoms with Crippen LogP contribution in [0.3, 0.4) is 0 Å². The number of ether oxygens (including phenoxy) is 1. The maximum absolute atomic E-state index is 14.6. The van der Waals surface area contributed by atoms with Gasteiger partial charge in [0.2, 0.25) is 0 Å². The van der Waals surface area contributed by atoms with E-state index < -0.39 is 23.6 Å². The molecule has 2 fully saturated rings. The molecular weight excluding hydrogens is 382 g/mol. The Balaban J connectivity index is 1.57. The van der Waals surface area contributed by atoms with Gasteiger partial charge in [0, 0.05) is 56.1 Å². The lowest BCUT2D eigenvalue weighted by molar-refractivity contribution is -0.109. The number of rotatable bonds is 9. The third kappa shape index (κ3) is 5.03. The van der Waals surface area contributed by atoms with Gasteiger partial charge in [-0.3, -0.25) is 0 Å². The van der Waals surface area contributed by atoms with Crippen molar-refractivity contribution in [2.45, 2.75) is 30.9 Å². The van der Waals surface area contributed by atoms with Crippen molar-refractivity contribution in [2.75, 3.05) is 38.1 Å². The molecule has 2 heterocycles. The lowest BCUT2D eigenvalue weighted by Gasteiger charge is -2.41. The van der Waals surface area contributed by atoms with Crippen LogP contribution in [0, 0.1) is 11.6 Å². The van der Waals surface area contributed by atoms with E-state index in [1.165, 1.54) is 12.1 Å². The van der Waals surface area contributed by atoms with Crippen LogP contribution in [0.2, 0.25) is 0 Å². The third-order valence-electron chi connectivity index (χ3n) is 5.30. The van der Waals surface area contributed by atoms with Crippen molar-refractivity contribution in [3.8, 4) is 0 Å². The summed E-state index contributed by atoms with van der Waals surface area (Å²) in [5.74, 6) is -2.38. The SMILES string of the molecule is C=C(CCC(C=O)c1c(F)cc(N2CC(NC(=O)OC3CNC3)C2)cc1F)NC. The van der Waals surface area contributed by atoms with Crippen molar-refractivity contribution in [1.29, 1.82) is 0 Å². The number of alkyl carbamates (subject to hydrolysis) is 1. The molecule has 7 nitrogen and oxygen atoms in total. The van der Waals surface area contributed by atoms with Crippen molar-refractivity contribution in [1.82, 2.24) is 16.0 Å². The summed E-state index contributed by atoms with van der Waals surface area (Å²) in [4.78, 5) is 24.9. The maximum Gasteiger partial charge on any atom is 0.407 e. The van der Waals surface area contributed by atoms with E-state index >= 15 is 0 Å². The molecular formula is C20H26F2N4O3. The van der Waals surface area contributed by atoms with E-state index in [-0.39, 0.29) is 24.1 Å². The van der Waals surface area contributed by atoms with Crippen LogP contribution in [0.25, 0.3) is 0 Å². The van der Waals surface area contributed by atoms with Crippen LogP contribution in [-0.2, 0) is 9.53 Å². The van der Waals surface area contributed by atoms with Gasteiger partial charge in [-0.05, 0) is 25.0 Å². The number of amides is 1. The number of anilines is 1. The second-order valence-corrected chi connectivity index (χ2v) is 7.39. The molecule has 1 aromatic rings. The van der Waals surface area contributed by atoms with Gasteiger partial charge in [-0.1, -0.05) is 6.58 Å². The number of nitrogens with one attached hydrogen (secondary N) is 3. The maximum atomic E-state index is 14.6. The first kappa shape index (κ1) is 21.0. The lowest BCUT2D eigenvalue weighted by Crippen LogP contribution is -2.60. The molecule has 3 rings (SSSR count). The molecule has 0 radical (unpaired) electrons. The van der Waals surface area contributed by atoms with E-state index in [9.17, 15) is 18.4 Å². The van der Waals surface area contributed by atoms with Gasteiger partial charge in [0.1, 0.15) is 24.0 Å². The van der Waals surface area contributed by atoms with Crippen molar-refractivity contribution in [2.24, 2.45) is 0 Å². The number of hydrogen-bond donors (Lipinski definition) is 3. The Bertz CT molecular complexity index is 756. The second-order valence-electron chi connectivity index (χ2n) is 7.39. The number of hydrogen-bond acceptors (Lipinski definition) is 6. The molecule has 0 spiro atoms. The van der Waals surface area contributed by atoms with Crippen molar-refractivity contribution in [3.05, 3.63) is 41.6 Å². The summed E-state index contributed by atoms with van der Waals surface area (Å²) in [6.07, 6.45) is 0.693. The predicted octanol–water partition coefficient (Wildman–Crippen LogP) is 1.65. The number of carbonyl (C=O) groups excluding carboxylic acids is 2. The summed E-state index contributed by atoms with van der Waals surface area (Å²) in [7, 11) is 1.70. The highest BCUT2D eigenvalue weighted by molar-refractivity contribution is 5.69. The van der Waals surface area contributed by atoms with Crippen LogP contribution in [0.4, 0.5) is 19.3 Å². The smallest absolute Gasteiger partial charge is 0.407 e. The monoisotopic (exact) mass is 408 g/mol. The summed E-state index contributed by atoms with van der Waals surface area (Å²) in [5.41, 5.74) is 0.851. The molecule has 1 unspecified atom stereocenters. The molecule has 2 aliphatic rings. The Morgan fingerprint density at radius 1 is 1.38 bits per heavy atom.